The van der Waals surface area contributed by atoms with Gasteiger partial charge in [0.05, 0.1) is 22.5 Å². The summed E-state index contributed by atoms with van der Waals surface area (Å²) in [4.78, 5) is 23.0. The Morgan fingerprint density at radius 1 is 1.12 bits per heavy atom. The Kier molecular flexibility index (Phi) is 6.02. The molecule has 8 nitrogen and oxygen atoms in total. The number of carbonyl (C=O) groups excluding carboxylic acids is 1. The van der Waals surface area contributed by atoms with E-state index in [-0.39, 0.29) is 11.9 Å². The van der Waals surface area contributed by atoms with Crippen LogP contribution in [0.3, 0.4) is 0 Å². The number of para-hydroxylation sites is 1. The molecule has 0 aliphatic carbocycles. The molecule has 0 bridgehead atoms. The molecule has 0 spiro atoms. The fraction of sp³-hybridized carbons (Fsp3) is 0.200. The maximum Gasteiger partial charge on any atom is 0.260 e. The summed E-state index contributed by atoms with van der Waals surface area (Å²) < 4.78 is 8.08. The van der Waals surface area contributed by atoms with E-state index in [1.807, 2.05) is 64.2 Å². The van der Waals surface area contributed by atoms with Crippen LogP contribution in [0, 0.1) is 0 Å². The van der Waals surface area contributed by atoms with Crippen LogP contribution < -0.4 is 10.5 Å². The van der Waals surface area contributed by atoms with Crippen molar-refractivity contribution in [2.24, 2.45) is 0 Å². The van der Waals surface area contributed by atoms with E-state index in [1.54, 1.807) is 0 Å². The molecule has 4 aromatic rings. The van der Waals surface area contributed by atoms with E-state index in [0.717, 1.165) is 29.9 Å². The van der Waals surface area contributed by atoms with Gasteiger partial charge in [0.15, 0.2) is 5.65 Å². The Balaban J connectivity index is 1.47. The van der Waals surface area contributed by atoms with Crippen molar-refractivity contribution in [1.82, 2.24) is 24.6 Å². The first-order chi connectivity index (χ1) is 16.5. The number of fused-ring (bicyclic) bond motifs is 1. The number of carbonyl (C=O) groups is 1. The SMILES string of the molecule is C=C(Br)C(=O)N1CCC[C@@H]1Cn1nc(-c2ccc(Oc3ccccc3)cc2)c2c(N)ncnc21. The highest BCUT2D eigenvalue weighted by Crippen LogP contribution is 2.33. The van der Waals surface area contributed by atoms with Crippen LogP contribution in [0.25, 0.3) is 22.3 Å². The molecule has 1 fully saturated rings. The number of nitrogen functional groups attached to an aromatic ring is 1. The van der Waals surface area contributed by atoms with Gasteiger partial charge in [0.25, 0.3) is 5.91 Å². The summed E-state index contributed by atoms with van der Waals surface area (Å²) >= 11 is 3.22. The van der Waals surface area contributed by atoms with E-state index in [2.05, 4.69) is 32.5 Å². The van der Waals surface area contributed by atoms with Crippen molar-refractivity contribution in [1.29, 1.82) is 0 Å². The van der Waals surface area contributed by atoms with Crippen molar-refractivity contribution < 1.29 is 9.53 Å². The average Bonchev–Trinajstić information content (AvgIpc) is 3.46. The lowest BCUT2D eigenvalue weighted by atomic mass is 10.1. The number of hydrogen-bond acceptors (Lipinski definition) is 6. The molecule has 5 rings (SSSR count). The maximum absolute atomic E-state index is 12.5. The number of anilines is 1. The Labute approximate surface area is 205 Å². The number of aromatic nitrogens is 4. The summed E-state index contributed by atoms with van der Waals surface area (Å²) in [5, 5.41) is 5.55. The lowest BCUT2D eigenvalue weighted by Crippen LogP contribution is -2.38. The Bertz CT molecular complexity index is 1350. The van der Waals surface area contributed by atoms with Crippen LogP contribution in [0.4, 0.5) is 5.82 Å². The summed E-state index contributed by atoms with van der Waals surface area (Å²) in [6.07, 6.45) is 3.26. The molecule has 1 amide bonds. The van der Waals surface area contributed by atoms with E-state index in [1.165, 1.54) is 6.33 Å². The van der Waals surface area contributed by atoms with Gasteiger partial charge >= 0.3 is 0 Å². The van der Waals surface area contributed by atoms with Gasteiger partial charge in [-0.25, -0.2) is 14.6 Å². The van der Waals surface area contributed by atoms with E-state index in [0.29, 0.717) is 40.1 Å². The van der Waals surface area contributed by atoms with Crippen molar-refractivity contribution in [3.05, 3.63) is 72.0 Å². The Morgan fingerprint density at radius 3 is 2.59 bits per heavy atom. The first-order valence-electron chi connectivity index (χ1n) is 11.0. The van der Waals surface area contributed by atoms with Crippen LogP contribution in [0.2, 0.25) is 0 Å². The van der Waals surface area contributed by atoms with Gasteiger partial charge in [0, 0.05) is 12.1 Å². The lowest BCUT2D eigenvalue weighted by molar-refractivity contribution is -0.127. The fourth-order valence-corrected chi connectivity index (χ4v) is 4.54. The van der Waals surface area contributed by atoms with Crippen molar-refractivity contribution in [3.63, 3.8) is 0 Å². The molecule has 1 saturated heterocycles. The maximum atomic E-state index is 12.5. The second-order valence-corrected chi connectivity index (χ2v) is 9.08. The van der Waals surface area contributed by atoms with Gasteiger partial charge in [-0.05, 0) is 65.2 Å². The fourth-order valence-electron chi connectivity index (χ4n) is 4.31. The van der Waals surface area contributed by atoms with Gasteiger partial charge in [-0.3, -0.25) is 4.79 Å². The van der Waals surface area contributed by atoms with Crippen molar-refractivity contribution >= 4 is 38.7 Å². The number of amides is 1. The van der Waals surface area contributed by atoms with Crippen LogP contribution in [-0.2, 0) is 11.3 Å². The number of benzene rings is 2. The van der Waals surface area contributed by atoms with Crippen LogP contribution in [0.5, 0.6) is 11.5 Å². The number of ether oxygens (including phenoxy) is 1. The smallest absolute Gasteiger partial charge is 0.260 e. The zero-order valence-corrected chi connectivity index (χ0v) is 20.0. The third-order valence-electron chi connectivity index (χ3n) is 5.92. The Hall–Kier alpha value is -3.72. The molecule has 1 aliphatic rings. The van der Waals surface area contributed by atoms with Gasteiger partial charge in [0.1, 0.15) is 29.3 Å². The number of rotatable bonds is 6. The number of likely N-dealkylation sites (tertiary alicyclic amines) is 1. The molecule has 9 heteroatoms. The predicted molar refractivity (Wildman–Crippen MR) is 134 cm³/mol. The normalized spacial score (nSPS) is 15.6. The molecular weight excluding hydrogens is 496 g/mol. The van der Waals surface area contributed by atoms with Crippen LogP contribution in [-0.4, -0.2) is 43.1 Å². The molecular formula is C25H23BrN6O2. The van der Waals surface area contributed by atoms with Crippen LogP contribution in [0.15, 0.2) is 72.0 Å². The Morgan fingerprint density at radius 2 is 1.85 bits per heavy atom. The second kappa shape index (κ2) is 9.26. The monoisotopic (exact) mass is 518 g/mol. The van der Waals surface area contributed by atoms with Gasteiger partial charge in [0.2, 0.25) is 0 Å². The van der Waals surface area contributed by atoms with Crippen molar-refractivity contribution in [2.75, 3.05) is 12.3 Å². The lowest BCUT2D eigenvalue weighted by Gasteiger charge is -2.24. The average molecular weight is 519 g/mol. The number of halogens is 1. The van der Waals surface area contributed by atoms with E-state index >= 15 is 0 Å². The van der Waals surface area contributed by atoms with E-state index in [9.17, 15) is 4.79 Å². The quantitative estimate of drug-likeness (QED) is 0.369. The molecule has 1 atom stereocenters. The molecule has 3 heterocycles. The van der Waals surface area contributed by atoms with E-state index in [4.69, 9.17) is 15.6 Å². The molecule has 0 saturated carbocycles. The summed E-state index contributed by atoms with van der Waals surface area (Å²) in [5.41, 5.74) is 8.46. The largest absolute Gasteiger partial charge is 0.457 e. The summed E-state index contributed by atoms with van der Waals surface area (Å²) in [5.74, 6) is 1.76. The van der Waals surface area contributed by atoms with Crippen molar-refractivity contribution in [2.45, 2.75) is 25.4 Å². The highest BCUT2D eigenvalue weighted by Gasteiger charge is 2.31. The van der Waals surface area contributed by atoms with Gasteiger partial charge in [-0.2, -0.15) is 5.10 Å². The summed E-state index contributed by atoms with van der Waals surface area (Å²) in [6, 6.07) is 17.3. The highest BCUT2D eigenvalue weighted by atomic mass is 79.9. The predicted octanol–water partition coefficient (Wildman–Crippen LogP) is 4.77. The number of nitrogens with two attached hydrogens (primary N) is 1. The minimum Gasteiger partial charge on any atom is -0.457 e. The zero-order chi connectivity index (χ0) is 23.7. The molecule has 2 aromatic heterocycles. The molecule has 2 aromatic carbocycles. The van der Waals surface area contributed by atoms with E-state index < -0.39 is 0 Å². The van der Waals surface area contributed by atoms with Gasteiger partial charge < -0.3 is 15.4 Å². The molecule has 1 aliphatic heterocycles. The van der Waals surface area contributed by atoms with Gasteiger partial charge in [-0.15, -0.1) is 0 Å². The minimum atomic E-state index is -0.0951. The topological polar surface area (TPSA) is 99.2 Å². The summed E-state index contributed by atoms with van der Waals surface area (Å²) in [6.45, 7) is 4.94. The van der Waals surface area contributed by atoms with Crippen LogP contribution in [0.1, 0.15) is 12.8 Å². The van der Waals surface area contributed by atoms with Crippen molar-refractivity contribution in [3.8, 4) is 22.8 Å². The number of nitrogens with zero attached hydrogens (tertiary/aromatic N) is 5. The molecule has 0 radical (unpaired) electrons. The first-order valence-corrected chi connectivity index (χ1v) is 11.8. The van der Waals surface area contributed by atoms with Crippen LogP contribution >= 0.6 is 15.9 Å². The molecule has 172 valence electrons. The summed E-state index contributed by atoms with van der Waals surface area (Å²) in [7, 11) is 0. The standard InChI is InChI=1S/C25H23BrN6O2/c1-16(26)25(33)31-13-5-6-18(31)14-32-24-21(23(27)28-15-29-24)22(30-32)17-9-11-20(12-10-17)34-19-7-3-2-4-8-19/h2-4,7-12,15,18H,1,5-6,13-14H2,(H2,27,28,29)/t18-/m1/s1. The molecule has 34 heavy (non-hydrogen) atoms. The number of hydrogen-bond donors (Lipinski definition) is 1. The first kappa shape index (κ1) is 22.1. The third kappa shape index (κ3) is 4.26. The molecule has 0 unspecified atom stereocenters. The van der Waals surface area contributed by atoms with Gasteiger partial charge in [-0.1, -0.05) is 24.8 Å². The zero-order valence-electron chi connectivity index (χ0n) is 18.4. The highest BCUT2D eigenvalue weighted by molar-refractivity contribution is 9.12. The molecule has 2 N–H and O–H groups in total. The second-order valence-electron chi connectivity index (χ2n) is 8.13. The third-order valence-corrected chi connectivity index (χ3v) is 6.26. The minimum absolute atomic E-state index is 0.00408.